The SMILES string of the molecule is O=CC1c2cccc(Cl)c2C(C=O)c2cccc(Cl)c21. The lowest BCUT2D eigenvalue weighted by atomic mass is 9.73. The molecule has 0 bridgehead atoms. The van der Waals surface area contributed by atoms with Crippen molar-refractivity contribution in [3.63, 3.8) is 0 Å². The van der Waals surface area contributed by atoms with Crippen LogP contribution in [0.3, 0.4) is 0 Å². The second-order valence-corrected chi connectivity index (χ2v) is 5.53. The van der Waals surface area contributed by atoms with Crippen molar-refractivity contribution in [2.45, 2.75) is 11.8 Å². The summed E-state index contributed by atoms with van der Waals surface area (Å²) in [6.45, 7) is 0. The molecular weight excluding hydrogens is 295 g/mol. The lowest BCUT2D eigenvalue weighted by Crippen LogP contribution is -2.20. The molecule has 2 atom stereocenters. The van der Waals surface area contributed by atoms with Crippen molar-refractivity contribution >= 4 is 35.8 Å². The average Bonchev–Trinajstić information content (AvgIpc) is 2.46. The summed E-state index contributed by atoms with van der Waals surface area (Å²) in [7, 11) is 0. The smallest absolute Gasteiger partial charge is 0.131 e. The molecule has 2 aromatic rings. The highest BCUT2D eigenvalue weighted by molar-refractivity contribution is 6.32. The third kappa shape index (κ3) is 1.80. The molecule has 2 aromatic carbocycles. The van der Waals surface area contributed by atoms with Crippen LogP contribution >= 0.6 is 23.2 Å². The van der Waals surface area contributed by atoms with Gasteiger partial charge in [0.15, 0.2) is 0 Å². The van der Waals surface area contributed by atoms with Gasteiger partial charge in [0, 0.05) is 10.0 Å². The van der Waals surface area contributed by atoms with E-state index in [0.717, 1.165) is 23.7 Å². The van der Waals surface area contributed by atoms with Gasteiger partial charge in [-0.05, 0) is 34.4 Å². The predicted molar refractivity (Wildman–Crippen MR) is 78.7 cm³/mol. The van der Waals surface area contributed by atoms with E-state index < -0.39 is 11.8 Å². The molecule has 1 aliphatic carbocycles. The number of hydrogen-bond donors (Lipinski definition) is 0. The molecule has 1 aliphatic rings. The van der Waals surface area contributed by atoms with Gasteiger partial charge in [0.1, 0.15) is 12.6 Å². The van der Waals surface area contributed by atoms with Gasteiger partial charge in [-0.2, -0.15) is 0 Å². The molecule has 2 nitrogen and oxygen atoms in total. The summed E-state index contributed by atoms with van der Waals surface area (Å²) in [6, 6.07) is 10.7. The minimum atomic E-state index is -0.483. The molecule has 0 saturated heterocycles. The van der Waals surface area contributed by atoms with E-state index in [2.05, 4.69) is 0 Å². The van der Waals surface area contributed by atoms with Crippen molar-refractivity contribution in [3.05, 3.63) is 68.7 Å². The Morgan fingerprint density at radius 3 is 1.50 bits per heavy atom. The molecule has 0 spiro atoms. The standard InChI is InChI=1S/C16H10Cl2O2/c17-13-5-1-3-9-11(7-19)16-10(4-2-6-14(16)18)12(8-20)15(9)13/h1-8,11-12H. The highest BCUT2D eigenvalue weighted by Gasteiger charge is 2.34. The second kappa shape index (κ2) is 5.04. The van der Waals surface area contributed by atoms with Crippen LogP contribution in [0.15, 0.2) is 36.4 Å². The number of carbonyl (C=O) groups is 2. The molecule has 3 rings (SSSR count). The number of benzene rings is 2. The van der Waals surface area contributed by atoms with Gasteiger partial charge in [0.25, 0.3) is 0 Å². The predicted octanol–water partition coefficient (Wildman–Crippen LogP) is 3.97. The zero-order valence-corrected chi connectivity index (χ0v) is 11.9. The van der Waals surface area contributed by atoms with Crippen LogP contribution in [0.2, 0.25) is 10.0 Å². The fourth-order valence-corrected chi connectivity index (χ4v) is 3.50. The maximum absolute atomic E-state index is 11.6. The van der Waals surface area contributed by atoms with E-state index in [1.807, 2.05) is 12.1 Å². The third-order valence-electron chi connectivity index (χ3n) is 3.74. The highest BCUT2D eigenvalue weighted by atomic mass is 35.5. The second-order valence-electron chi connectivity index (χ2n) is 4.71. The quantitative estimate of drug-likeness (QED) is 0.787. The zero-order chi connectivity index (χ0) is 14.3. The normalized spacial score (nSPS) is 19.9. The van der Waals surface area contributed by atoms with E-state index in [-0.39, 0.29) is 0 Å². The lowest BCUT2D eigenvalue weighted by molar-refractivity contribution is -0.109. The number of halogens is 2. The van der Waals surface area contributed by atoms with Crippen molar-refractivity contribution in [1.29, 1.82) is 0 Å². The van der Waals surface area contributed by atoms with Gasteiger partial charge in [-0.15, -0.1) is 0 Å². The van der Waals surface area contributed by atoms with Crippen LogP contribution in [-0.4, -0.2) is 12.6 Å². The Morgan fingerprint density at radius 1 is 0.750 bits per heavy atom. The molecule has 4 heteroatoms. The van der Waals surface area contributed by atoms with Crippen LogP contribution < -0.4 is 0 Å². The minimum absolute atomic E-state index is 0.483. The molecule has 0 aliphatic heterocycles. The van der Waals surface area contributed by atoms with Crippen molar-refractivity contribution in [2.75, 3.05) is 0 Å². The van der Waals surface area contributed by atoms with Gasteiger partial charge in [-0.1, -0.05) is 47.5 Å². The Hall–Kier alpha value is -1.64. The van der Waals surface area contributed by atoms with Crippen LogP contribution in [0.4, 0.5) is 0 Å². The molecule has 100 valence electrons. The van der Waals surface area contributed by atoms with E-state index in [1.165, 1.54) is 0 Å². The van der Waals surface area contributed by atoms with E-state index >= 15 is 0 Å². The lowest BCUT2D eigenvalue weighted by Gasteiger charge is -2.30. The van der Waals surface area contributed by atoms with Crippen molar-refractivity contribution in [2.24, 2.45) is 0 Å². The summed E-state index contributed by atoms with van der Waals surface area (Å²) in [5.41, 5.74) is 2.92. The average molecular weight is 305 g/mol. The Labute approximate surface area is 126 Å². The molecule has 0 aromatic heterocycles. The van der Waals surface area contributed by atoms with Crippen LogP contribution in [0.1, 0.15) is 34.1 Å². The summed E-state index contributed by atoms with van der Waals surface area (Å²) >= 11 is 12.5. The fraction of sp³-hybridized carbons (Fsp3) is 0.125. The largest absolute Gasteiger partial charge is 0.302 e. The zero-order valence-electron chi connectivity index (χ0n) is 10.3. The molecule has 20 heavy (non-hydrogen) atoms. The van der Waals surface area contributed by atoms with E-state index in [1.54, 1.807) is 24.3 Å². The van der Waals surface area contributed by atoms with Gasteiger partial charge < -0.3 is 9.59 Å². The summed E-state index contributed by atoms with van der Waals surface area (Å²) < 4.78 is 0. The number of rotatable bonds is 2. The van der Waals surface area contributed by atoms with Gasteiger partial charge in [0.2, 0.25) is 0 Å². The van der Waals surface area contributed by atoms with Gasteiger partial charge >= 0.3 is 0 Å². The summed E-state index contributed by atoms with van der Waals surface area (Å²) in [5.74, 6) is -0.966. The minimum Gasteiger partial charge on any atom is -0.302 e. The van der Waals surface area contributed by atoms with Gasteiger partial charge in [0.05, 0.1) is 11.8 Å². The monoisotopic (exact) mass is 304 g/mol. The molecular formula is C16H10Cl2O2. The molecule has 0 radical (unpaired) electrons. The number of carbonyl (C=O) groups excluding carboxylic acids is 2. The summed E-state index contributed by atoms with van der Waals surface area (Å²) in [5, 5.41) is 0.995. The van der Waals surface area contributed by atoms with Crippen molar-refractivity contribution < 1.29 is 9.59 Å². The van der Waals surface area contributed by atoms with Crippen LogP contribution in [0.5, 0.6) is 0 Å². The maximum atomic E-state index is 11.6. The Kier molecular flexibility index (Phi) is 3.36. The molecule has 0 amide bonds. The number of hydrogen-bond acceptors (Lipinski definition) is 2. The Balaban J connectivity index is 2.39. The van der Waals surface area contributed by atoms with Crippen LogP contribution in [0, 0.1) is 0 Å². The fourth-order valence-electron chi connectivity index (χ4n) is 2.90. The Bertz CT molecular complexity index is 648. The summed E-state index contributed by atoms with van der Waals surface area (Å²) in [4.78, 5) is 23.1. The van der Waals surface area contributed by atoms with Crippen molar-refractivity contribution in [1.82, 2.24) is 0 Å². The third-order valence-corrected chi connectivity index (χ3v) is 4.40. The van der Waals surface area contributed by atoms with E-state index in [0.29, 0.717) is 21.2 Å². The van der Waals surface area contributed by atoms with Gasteiger partial charge in [-0.25, -0.2) is 0 Å². The molecule has 0 heterocycles. The topological polar surface area (TPSA) is 34.1 Å². The first-order chi connectivity index (χ1) is 9.69. The first-order valence-corrected chi connectivity index (χ1v) is 6.91. The first-order valence-electron chi connectivity index (χ1n) is 6.16. The van der Waals surface area contributed by atoms with Gasteiger partial charge in [-0.3, -0.25) is 0 Å². The summed E-state index contributed by atoms with van der Waals surface area (Å²) in [6.07, 6.45) is 1.70. The van der Waals surface area contributed by atoms with Crippen LogP contribution in [0.25, 0.3) is 0 Å². The van der Waals surface area contributed by atoms with E-state index in [4.69, 9.17) is 23.2 Å². The molecule has 0 fully saturated rings. The first kappa shape index (κ1) is 13.3. The highest BCUT2D eigenvalue weighted by Crippen LogP contribution is 2.46. The number of aldehydes is 2. The maximum Gasteiger partial charge on any atom is 0.131 e. The van der Waals surface area contributed by atoms with Crippen molar-refractivity contribution in [3.8, 4) is 0 Å². The number of fused-ring (bicyclic) bond motifs is 2. The van der Waals surface area contributed by atoms with Crippen LogP contribution in [-0.2, 0) is 9.59 Å². The molecule has 0 saturated carbocycles. The molecule has 0 N–H and O–H groups in total. The van der Waals surface area contributed by atoms with E-state index in [9.17, 15) is 9.59 Å². The molecule has 2 unspecified atom stereocenters. The Morgan fingerprint density at radius 2 is 1.15 bits per heavy atom.